The normalized spacial score (nSPS) is 13.5. The van der Waals surface area contributed by atoms with Crippen molar-refractivity contribution in [2.24, 2.45) is 0 Å². The van der Waals surface area contributed by atoms with Crippen molar-refractivity contribution in [2.45, 2.75) is 12.8 Å². The molecule has 3 N–H and O–H groups in total. The summed E-state index contributed by atoms with van der Waals surface area (Å²) < 4.78 is 19.0. The maximum absolute atomic E-state index is 13.7. The van der Waals surface area contributed by atoms with Gasteiger partial charge in [-0.3, -0.25) is 4.90 Å². The number of aromatic nitrogens is 2. The number of fused-ring (bicyclic) bond motifs is 1. The minimum atomic E-state index is -1.26. The van der Waals surface area contributed by atoms with E-state index in [-0.39, 0.29) is 5.82 Å². The predicted molar refractivity (Wildman–Crippen MR) is 139 cm³/mol. The standard InChI is InChI=1S/C23H25FN4O.C4H4O4/c1-29-22-15-25-16-27-23(22)26-10-3-11-28-12-8-18(9-13-28)20-5-2-4-17-6-7-19(24)14-21(17)20;5-3(6)1-2-4(7)8/h2,4-8,14-16H,3,9-13H2,1H3,(H,25,26,27);1-2H,(H,5,6)(H,7,8)/b;2-1+. The van der Waals surface area contributed by atoms with E-state index in [9.17, 15) is 14.0 Å². The van der Waals surface area contributed by atoms with Crippen LogP contribution in [0.5, 0.6) is 5.75 Å². The number of rotatable bonds is 9. The van der Waals surface area contributed by atoms with Crippen molar-refractivity contribution in [1.82, 2.24) is 14.9 Å². The average Bonchev–Trinajstić information content (AvgIpc) is 2.90. The van der Waals surface area contributed by atoms with Gasteiger partial charge >= 0.3 is 11.9 Å². The summed E-state index contributed by atoms with van der Waals surface area (Å²) in [5, 5.41) is 21.0. The van der Waals surface area contributed by atoms with Gasteiger partial charge in [0.2, 0.25) is 0 Å². The van der Waals surface area contributed by atoms with Gasteiger partial charge in [-0.15, -0.1) is 0 Å². The Morgan fingerprint density at radius 3 is 2.65 bits per heavy atom. The van der Waals surface area contributed by atoms with Crippen LogP contribution in [0.15, 0.2) is 67.2 Å². The second-order valence-corrected chi connectivity index (χ2v) is 8.18. The summed E-state index contributed by atoms with van der Waals surface area (Å²) in [6.07, 6.45) is 8.56. The number of halogens is 1. The number of hydrogen-bond donors (Lipinski definition) is 3. The number of carboxylic acid groups (broad SMARTS) is 2. The van der Waals surface area contributed by atoms with Crippen molar-refractivity contribution < 1.29 is 28.9 Å². The molecule has 194 valence electrons. The maximum atomic E-state index is 13.7. The third kappa shape index (κ3) is 8.39. The number of ether oxygens (including phenoxy) is 1. The van der Waals surface area contributed by atoms with Crippen LogP contribution in [0.4, 0.5) is 10.2 Å². The van der Waals surface area contributed by atoms with Gasteiger partial charge < -0.3 is 20.3 Å². The largest absolute Gasteiger partial charge is 0.491 e. The van der Waals surface area contributed by atoms with E-state index in [1.165, 1.54) is 18.0 Å². The van der Waals surface area contributed by atoms with Gasteiger partial charge in [0.15, 0.2) is 11.6 Å². The van der Waals surface area contributed by atoms with Crippen LogP contribution >= 0.6 is 0 Å². The highest BCUT2D eigenvalue weighted by Gasteiger charge is 2.15. The molecular weight excluding hydrogens is 479 g/mol. The molecule has 0 unspecified atom stereocenters. The van der Waals surface area contributed by atoms with Gasteiger partial charge in [0.25, 0.3) is 0 Å². The molecule has 0 saturated heterocycles. The number of methoxy groups -OCH3 is 1. The van der Waals surface area contributed by atoms with Crippen LogP contribution in [0.25, 0.3) is 16.3 Å². The number of benzene rings is 2. The minimum absolute atomic E-state index is 0.184. The summed E-state index contributed by atoms with van der Waals surface area (Å²) >= 11 is 0. The van der Waals surface area contributed by atoms with E-state index in [0.717, 1.165) is 61.2 Å². The highest BCUT2D eigenvalue weighted by Crippen LogP contribution is 2.30. The first kappa shape index (κ1) is 27.3. The summed E-state index contributed by atoms with van der Waals surface area (Å²) in [5.74, 6) is -1.31. The van der Waals surface area contributed by atoms with E-state index in [1.54, 1.807) is 19.4 Å². The Balaban J connectivity index is 0.000000414. The molecular formula is C27H29FN4O5. The van der Waals surface area contributed by atoms with Gasteiger partial charge in [0.05, 0.1) is 13.3 Å². The van der Waals surface area contributed by atoms with Gasteiger partial charge in [0, 0.05) is 38.3 Å². The third-order valence-electron chi connectivity index (χ3n) is 5.69. The third-order valence-corrected chi connectivity index (χ3v) is 5.69. The molecule has 1 aromatic heterocycles. The fourth-order valence-electron chi connectivity index (χ4n) is 3.93. The number of anilines is 1. The fraction of sp³-hybridized carbons (Fsp3) is 0.259. The van der Waals surface area contributed by atoms with Gasteiger partial charge in [-0.1, -0.05) is 30.3 Å². The molecule has 0 saturated carbocycles. The molecule has 0 aliphatic carbocycles. The zero-order valence-corrected chi connectivity index (χ0v) is 20.4. The SMILES string of the molecule is COc1cncnc1NCCCN1CC=C(c2cccc3ccc(F)cc23)CC1.O=C(O)/C=C/C(=O)O. The molecule has 0 spiro atoms. The number of aliphatic carboxylic acids is 2. The molecule has 9 nitrogen and oxygen atoms in total. The average molecular weight is 509 g/mol. The topological polar surface area (TPSA) is 125 Å². The number of nitrogens with one attached hydrogen (secondary N) is 1. The Kier molecular flexibility index (Phi) is 10.1. The Morgan fingerprint density at radius 2 is 1.97 bits per heavy atom. The van der Waals surface area contributed by atoms with Crippen LogP contribution in [-0.4, -0.2) is 70.3 Å². The van der Waals surface area contributed by atoms with Gasteiger partial charge in [-0.05, 0) is 46.9 Å². The van der Waals surface area contributed by atoms with Crippen molar-refractivity contribution in [3.05, 3.63) is 78.5 Å². The monoisotopic (exact) mass is 508 g/mol. The molecule has 3 aromatic rings. The van der Waals surface area contributed by atoms with Crippen LogP contribution in [0.3, 0.4) is 0 Å². The second kappa shape index (κ2) is 13.7. The molecule has 2 aromatic carbocycles. The number of hydrogen-bond acceptors (Lipinski definition) is 7. The minimum Gasteiger partial charge on any atom is -0.491 e. The van der Waals surface area contributed by atoms with Crippen molar-refractivity contribution in [3.8, 4) is 5.75 Å². The summed E-state index contributed by atoms with van der Waals surface area (Å²) in [6.45, 7) is 3.75. The van der Waals surface area contributed by atoms with Gasteiger partial charge in [-0.2, -0.15) is 0 Å². The second-order valence-electron chi connectivity index (χ2n) is 8.18. The first-order valence-corrected chi connectivity index (χ1v) is 11.7. The highest BCUT2D eigenvalue weighted by atomic mass is 19.1. The maximum Gasteiger partial charge on any atom is 0.328 e. The lowest BCUT2D eigenvalue weighted by atomic mass is 9.94. The first-order valence-electron chi connectivity index (χ1n) is 11.7. The number of nitrogens with zero attached hydrogens (tertiary/aromatic N) is 3. The molecule has 4 rings (SSSR count). The van der Waals surface area contributed by atoms with E-state index in [4.69, 9.17) is 14.9 Å². The fourth-order valence-corrected chi connectivity index (χ4v) is 3.93. The highest BCUT2D eigenvalue weighted by molar-refractivity contribution is 5.94. The predicted octanol–water partition coefficient (Wildman–Crippen LogP) is 4.08. The van der Waals surface area contributed by atoms with Gasteiger partial charge in [0.1, 0.15) is 12.1 Å². The smallest absolute Gasteiger partial charge is 0.328 e. The first-order chi connectivity index (χ1) is 17.9. The van der Waals surface area contributed by atoms with Crippen LogP contribution in [0, 0.1) is 5.82 Å². The summed E-state index contributed by atoms with van der Waals surface area (Å²) in [4.78, 5) is 29.7. The Morgan fingerprint density at radius 1 is 1.19 bits per heavy atom. The lowest BCUT2D eigenvalue weighted by Gasteiger charge is -2.27. The number of carboxylic acids is 2. The Labute approximate surface area is 213 Å². The molecule has 0 bridgehead atoms. The molecule has 1 aliphatic rings. The van der Waals surface area contributed by atoms with Crippen molar-refractivity contribution in [3.63, 3.8) is 0 Å². The van der Waals surface area contributed by atoms with Crippen LogP contribution in [-0.2, 0) is 9.59 Å². The molecule has 2 heterocycles. The summed E-state index contributed by atoms with van der Waals surface area (Å²) in [5.41, 5.74) is 2.46. The summed E-state index contributed by atoms with van der Waals surface area (Å²) in [7, 11) is 1.62. The summed E-state index contributed by atoms with van der Waals surface area (Å²) in [6, 6.07) is 11.2. The molecule has 0 radical (unpaired) electrons. The molecule has 1 aliphatic heterocycles. The van der Waals surface area contributed by atoms with E-state index >= 15 is 0 Å². The molecule has 10 heteroatoms. The lowest BCUT2D eigenvalue weighted by molar-refractivity contribution is -0.134. The van der Waals surface area contributed by atoms with Crippen LogP contribution in [0.1, 0.15) is 18.4 Å². The number of carbonyl (C=O) groups is 2. The van der Waals surface area contributed by atoms with Crippen molar-refractivity contribution >= 4 is 34.1 Å². The Bertz CT molecular complexity index is 1280. The van der Waals surface area contributed by atoms with E-state index < -0.39 is 11.9 Å². The van der Waals surface area contributed by atoms with E-state index in [0.29, 0.717) is 17.9 Å². The lowest BCUT2D eigenvalue weighted by Crippen LogP contribution is -2.30. The van der Waals surface area contributed by atoms with Crippen molar-refractivity contribution in [2.75, 3.05) is 38.6 Å². The molecule has 37 heavy (non-hydrogen) atoms. The Hall–Kier alpha value is -4.31. The molecule has 0 amide bonds. The van der Waals surface area contributed by atoms with Crippen LogP contribution < -0.4 is 10.1 Å². The van der Waals surface area contributed by atoms with E-state index in [2.05, 4.69) is 38.4 Å². The van der Waals surface area contributed by atoms with E-state index in [1.807, 2.05) is 12.1 Å². The van der Waals surface area contributed by atoms with Gasteiger partial charge in [-0.25, -0.2) is 23.9 Å². The van der Waals surface area contributed by atoms with Crippen molar-refractivity contribution in [1.29, 1.82) is 0 Å². The zero-order valence-electron chi connectivity index (χ0n) is 20.4. The van der Waals surface area contributed by atoms with Crippen LogP contribution in [0.2, 0.25) is 0 Å². The zero-order chi connectivity index (χ0) is 26.6. The quantitative estimate of drug-likeness (QED) is 0.290. The molecule has 0 fully saturated rings. The molecule has 0 atom stereocenters.